The molecule has 0 radical (unpaired) electrons. The molecule has 2 atom stereocenters. The minimum Gasteiger partial charge on any atom is -0.328 e. The molecular formula is C14H23N. The van der Waals surface area contributed by atoms with E-state index in [1.807, 2.05) is 0 Å². The first-order valence-electron chi connectivity index (χ1n) is 5.84. The summed E-state index contributed by atoms with van der Waals surface area (Å²) in [5.41, 5.74) is 10.1. The van der Waals surface area contributed by atoms with Crippen LogP contribution in [0.3, 0.4) is 0 Å². The summed E-state index contributed by atoms with van der Waals surface area (Å²) >= 11 is 0. The largest absolute Gasteiger partial charge is 0.328 e. The van der Waals surface area contributed by atoms with E-state index in [0.717, 1.165) is 6.42 Å². The molecule has 84 valence electrons. The SMILES string of the molecule is Cc1cccc(C(C)CCC(C)N)c1C. The minimum atomic E-state index is 0.317. The highest BCUT2D eigenvalue weighted by Gasteiger charge is 2.09. The summed E-state index contributed by atoms with van der Waals surface area (Å²) in [6, 6.07) is 6.89. The van der Waals surface area contributed by atoms with Crippen LogP contribution in [0.15, 0.2) is 18.2 Å². The quantitative estimate of drug-likeness (QED) is 0.799. The van der Waals surface area contributed by atoms with Gasteiger partial charge in [-0.1, -0.05) is 25.1 Å². The number of hydrogen-bond donors (Lipinski definition) is 1. The maximum Gasteiger partial charge on any atom is 0.00106 e. The van der Waals surface area contributed by atoms with Crippen molar-refractivity contribution >= 4 is 0 Å². The molecule has 0 bridgehead atoms. The van der Waals surface area contributed by atoms with Crippen LogP contribution in [0, 0.1) is 13.8 Å². The summed E-state index contributed by atoms with van der Waals surface area (Å²) < 4.78 is 0. The van der Waals surface area contributed by atoms with E-state index in [2.05, 4.69) is 45.9 Å². The van der Waals surface area contributed by atoms with Crippen LogP contribution in [0.4, 0.5) is 0 Å². The lowest BCUT2D eigenvalue weighted by atomic mass is 9.89. The highest BCUT2D eigenvalue weighted by Crippen LogP contribution is 2.25. The first kappa shape index (κ1) is 12.3. The van der Waals surface area contributed by atoms with Gasteiger partial charge < -0.3 is 5.73 Å². The Morgan fingerprint density at radius 2 is 1.80 bits per heavy atom. The van der Waals surface area contributed by atoms with Gasteiger partial charge in [0.1, 0.15) is 0 Å². The Labute approximate surface area is 93.7 Å². The Kier molecular flexibility index (Phi) is 4.34. The number of hydrogen-bond acceptors (Lipinski definition) is 1. The van der Waals surface area contributed by atoms with E-state index in [1.165, 1.54) is 23.1 Å². The Morgan fingerprint density at radius 1 is 1.13 bits per heavy atom. The molecule has 0 fully saturated rings. The average Bonchev–Trinajstić information content (AvgIpc) is 2.18. The Balaban J connectivity index is 2.73. The second-order valence-electron chi connectivity index (χ2n) is 4.74. The van der Waals surface area contributed by atoms with Gasteiger partial charge in [-0.15, -0.1) is 0 Å². The molecule has 1 rings (SSSR count). The fraction of sp³-hybridized carbons (Fsp3) is 0.571. The lowest BCUT2D eigenvalue weighted by Crippen LogP contribution is -2.15. The highest BCUT2D eigenvalue weighted by atomic mass is 14.6. The first-order valence-corrected chi connectivity index (χ1v) is 5.84. The first-order chi connectivity index (χ1) is 7.02. The molecule has 15 heavy (non-hydrogen) atoms. The predicted molar refractivity (Wildman–Crippen MR) is 67.2 cm³/mol. The van der Waals surface area contributed by atoms with Crippen LogP contribution in [0.5, 0.6) is 0 Å². The van der Waals surface area contributed by atoms with Gasteiger partial charge in [0.25, 0.3) is 0 Å². The molecule has 0 aliphatic heterocycles. The molecule has 1 aromatic carbocycles. The van der Waals surface area contributed by atoms with Gasteiger partial charge in [0.15, 0.2) is 0 Å². The molecule has 1 heteroatoms. The standard InChI is InChI=1S/C14H23N/c1-10-6-5-7-14(13(10)4)11(2)8-9-12(3)15/h5-7,11-12H,8-9,15H2,1-4H3. The van der Waals surface area contributed by atoms with Crippen LogP contribution in [0.1, 0.15) is 49.3 Å². The van der Waals surface area contributed by atoms with Crippen molar-refractivity contribution in [1.82, 2.24) is 0 Å². The summed E-state index contributed by atoms with van der Waals surface area (Å²) in [6.45, 7) is 8.77. The van der Waals surface area contributed by atoms with Crippen LogP contribution in [-0.2, 0) is 0 Å². The van der Waals surface area contributed by atoms with E-state index in [9.17, 15) is 0 Å². The number of rotatable bonds is 4. The Hall–Kier alpha value is -0.820. The fourth-order valence-electron chi connectivity index (χ4n) is 1.98. The third kappa shape index (κ3) is 3.35. The van der Waals surface area contributed by atoms with Gasteiger partial charge in [0.2, 0.25) is 0 Å². The van der Waals surface area contributed by atoms with Crippen molar-refractivity contribution < 1.29 is 0 Å². The molecule has 0 aliphatic carbocycles. The summed E-state index contributed by atoms with van der Waals surface area (Å²) in [5, 5.41) is 0. The van der Waals surface area contributed by atoms with Gasteiger partial charge in [-0.2, -0.15) is 0 Å². The smallest absolute Gasteiger partial charge is 0.00106 e. The minimum absolute atomic E-state index is 0.317. The molecular weight excluding hydrogens is 182 g/mol. The molecule has 0 saturated carbocycles. The second kappa shape index (κ2) is 5.32. The van der Waals surface area contributed by atoms with Gasteiger partial charge in [0, 0.05) is 6.04 Å². The zero-order valence-corrected chi connectivity index (χ0v) is 10.4. The molecule has 0 heterocycles. The molecule has 0 aliphatic rings. The molecule has 0 amide bonds. The van der Waals surface area contributed by atoms with Crippen molar-refractivity contribution in [3.05, 3.63) is 34.9 Å². The topological polar surface area (TPSA) is 26.0 Å². The van der Waals surface area contributed by atoms with E-state index in [-0.39, 0.29) is 0 Å². The van der Waals surface area contributed by atoms with Crippen molar-refractivity contribution in [1.29, 1.82) is 0 Å². The van der Waals surface area contributed by atoms with Crippen molar-refractivity contribution in [3.8, 4) is 0 Å². The summed E-state index contributed by atoms with van der Waals surface area (Å²) in [6.07, 6.45) is 2.29. The zero-order valence-electron chi connectivity index (χ0n) is 10.4. The maximum absolute atomic E-state index is 5.79. The normalized spacial score (nSPS) is 15.0. The lowest BCUT2D eigenvalue weighted by molar-refractivity contribution is 0.567. The zero-order chi connectivity index (χ0) is 11.4. The average molecular weight is 205 g/mol. The third-order valence-corrected chi connectivity index (χ3v) is 3.23. The van der Waals surface area contributed by atoms with Gasteiger partial charge in [-0.05, 0) is 56.2 Å². The summed E-state index contributed by atoms with van der Waals surface area (Å²) in [5.74, 6) is 0.621. The van der Waals surface area contributed by atoms with Crippen LogP contribution in [0.2, 0.25) is 0 Å². The van der Waals surface area contributed by atoms with E-state index in [1.54, 1.807) is 0 Å². The van der Waals surface area contributed by atoms with Crippen molar-refractivity contribution in [2.75, 3.05) is 0 Å². The van der Waals surface area contributed by atoms with E-state index < -0.39 is 0 Å². The van der Waals surface area contributed by atoms with Crippen LogP contribution in [-0.4, -0.2) is 6.04 Å². The third-order valence-electron chi connectivity index (χ3n) is 3.23. The molecule has 1 aromatic rings. The molecule has 0 saturated heterocycles. The van der Waals surface area contributed by atoms with Crippen molar-refractivity contribution in [2.24, 2.45) is 5.73 Å². The van der Waals surface area contributed by atoms with Gasteiger partial charge in [-0.3, -0.25) is 0 Å². The Morgan fingerprint density at radius 3 is 2.40 bits per heavy atom. The van der Waals surface area contributed by atoms with E-state index in [0.29, 0.717) is 12.0 Å². The lowest BCUT2D eigenvalue weighted by Gasteiger charge is -2.17. The van der Waals surface area contributed by atoms with Crippen LogP contribution < -0.4 is 5.73 Å². The maximum atomic E-state index is 5.79. The van der Waals surface area contributed by atoms with E-state index >= 15 is 0 Å². The molecule has 2 N–H and O–H groups in total. The summed E-state index contributed by atoms with van der Waals surface area (Å²) in [7, 11) is 0. The molecule has 1 nitrogen and oxygen atoms in total. The highest BCUT2D eigenvalue weighted by molar-refractivity contribution is 5.35. The number of benzene rings is 1. The molecule has 2 unspecified atom stereocenters. The van der Waals surface area contributed by atoms with Crippen LogP contribution in [0.25, 0.3) is 0 Å². The molecule has 0 aromatic heterocycles. The van der Waals surface area contributed by atoms with Gasteiger partial charge in [0.05, 0.1) is 0 Å². The fourth-order valence-corrected chi connectivity index (χ4v) is 1.98. The molecule has 0 spiro atoms. The monoisotopic (exact) mass is 205 g/mol. The van der Waals surface area contributed by atoms with Crippen molar-refractivity contribution in [2.45, 2.75) is 52.5 Å². The van der Waals surface area contributed by atoms with E-state index in [4.69, 9.17) is 5.73 Å². The number of nitrogens with two attached hydrogens (primary N) is 1. The van der Waals surface area contributed by atoms with Gasteiger partial charge >= 0.3 is 0 Å². The van der Waals surface area contributed by atoms with Gasteiger partial charge in [-0.25, -0.2) is 0 Å². The predicted octanol–water partition coefficient (Wildman–Crippen LogP) is 3.53. The Bertz CT molecular complexity index is 315. The van der Waals surface area contributed by atoms with Crippen LogP contribution >= 0.6 is 0 Å². The number of aryl methyl sites for hydroxylation is 1. The summed E-state index contributed by atoms with van der Waals surface area (Å²) in [4.78, 5) is 0. The van der Waals surface area contributed by atoms with Crippen molar-refractivity contribution in [3.63, 3.8) is 0 Å². The second-order valence-corrected chi connectivity index (χ2v) is 4.74.